The summed E-state index contributed by atoms with van der Waals surface area (Å²) in [6, 6.07) is 20.1. The van der Waals surface area contributed by atoms with Crippen LogP contribution in [0.4, 0.5) is 0 Å². The fourth-order valence-corrected chi connectivity index (χ4v) is 4.58. The van der Waals surface area contributed by atoms with Crippen LogP contribution < -0.4 is 10.6 Å². The third kappa shape index (κ3) is 4.90. The summed E-state index contributed by atoms with van der Waals surface area (Å²) in [4.78, 5) is 27.1. The zero-order chi connectivity index (χ0) is 20.8. The maximum absolute atomic E-state index is 12.6. The first-order chi connectivity index (χ1) is 14.6. The number of hydrogen-bond acceptors (Lipinski definition) is 3. The molecule has 0 spiro atoms. The normalized spacial score (nSPS) is 18.9. The predicted molar refractivity (Wildman–Crippen MR) is 118 cm³/mol. The molecule has 4 rings (SSSR count). The molecule has 2 fully saturated rings. The standard InChI is InChI=1S/C25H31N3O2/c29-23(26-19-25(14-7-15-25)21-10-5-2-6-11-21)18-28-16-12-22(13-17-28)27-24(30)20-8-3-1-4-9-20/h1-6,8-11,22H,7,12-19H2,(H,26,29)(H,27,30). The highest BCUT2D eigenvalue weighted by atomic mass is 16.2. The fourth-order valence-electron chi connectivity index (χ4n) is 4.58. The van der Waals surface area contributed by atoms with Gasteiger partial charge in [-0.2, -0.15) is 0 Å². The third-order valence-corrected chi connectivity index (χ3v) is 6.65. The van der Waals surface area contributed by atoms with Crippen molar-refractivity contribution < 1.29 is 9.59 Å². The van der Waals surface area contributed by atoms with E-state index in [-0.39, 0.29) is 23.3 Å². The molecule has 0 unspecified atom stereocenters. The lowest BCUT2D eigenvalue weighted by Gasteiger charge is -2.42. The second-order valence-electron chi connectivity index (χ2n) is 8.67. The van der Waals surface area contributed by atoms with E-state index < -0.39 is 0 Å². The number of carbonyl (C=O) groups excluding carboxylic acids is 2. The molecule has 1 aliphatic carbocycles. The van der Waals surface area contributed by atoms with Crippen LogP contribution in [0.15, 0.2) is 60.7 Å². The van der Waals surface area contributed by atoms with E-state index in [1.807, 2.05) is 36.4 Å². The summed E-state index contributed by atoms with van der Waals surface area (Å²) in [7, 11) is 0. The van der Waals surface area contributed by atoms with Crippen LogP contribution in [-0.2, 0) is 10.2 Å². The van der Waals surface area contributed by atoms with Gasteiger partial charge in [-0.1, -0.05) is 55.0 Å². The van der Waals surface area contributed by atoms with Crippen molar-refractivity contribution >= 4 is 11.8 Å². The van der Waals surface area contributed by atoms with Gasteiger partial charge < -0.3 is 10.6 Å². The van der Waals surface area contributed by atoms with E-state index in [1.165, 1.54) is 12.0 Å². The number of hydrogen-bond donors (Lipinski definition) is 2. The first kappa shape index (κ1) is 20.6. The largest absolute Gasteiger partial charge is 0.354 e. The maximum atomic E-state index is 12.6. The SMILES string of the molecule is O=C(CN1CCC(NC(=O)c2ccccc2)CC1)NCC1(c2ccccc2)CCC1. The number of carbonyl (C=O) groups is 2. The molecule has 5 heteroatoms. The molecular weight excluding hydrogens is 374 g/mol. The average molecular weight is 406 g/mol. The lowest BCUT2D eigenvalue weighted by Crippen LogP contribution is -2.50. The van der Waals surface area contributed by atoms with Crippen LogP contribution in [0.2, 0.25) is 0 Å². The van der Waals surface area contributed by atoms with Gasteiger partial charge in [-0.25, -0.2) is 0 Å². The van der Waals surface area contributed by atoms with Gasteiger partial charge in [-0.05, 0) is 43.4 Å². The molecular formula is C25H31N3O2. The van der Waals surface area contributed by atoms with Crippen LogP contribution in [0.3, 0.4) is 0 Å². The number of amides is 2. The smallest absolute Gasteiger partial charge is 0.251 e. The van der Waals surface area contributed by atoms with Gasteiger partial charge in [-0.15, -0.1) is 0 Å². The Kier molecular flexibility index (Phi) is 6.48. The van der Waals surface area contributed by atoms with Gasteiger partial charge in [0.15, 0.2) is 0 Å². The van der Waals surface area contributed by atoms with Crippen molar-refractivity contribution in [2.24, 2.45) is 0 Å². The molecule has 1 saturated carbocycles. The average Bonchev–Trinajstić information content (AvgIpc) is 2.76. The number of benzene rings is 2. The summed E-state index contributed by atoms with van der Waals surface area (Å²) in [6.07, 6.45) is 5.26. The molecule has 5 nitrogen and oxygen atoms in total. The van der Waals surface area contributed by atoms with Gasteiger partial charge in [0.05, 0.1) is 6.54 Å². The Morgan fingerprint density at radius 2 is 1.57 bits per heavy atom. The van der Waals surface area contributed by atoms with Crippen LogP contribution in [0, 0.1) is 0 Å². The van der Waals surface area contributed by atoms with E-state index >= 15 is 0 Å². The van der Waals surface area contributed by atoms with Gasteiger partial charge in [0.1, 0.15) is 0 Å². The van der Waals surface area contributed by atoms with Gasteiger partial charge in [-0.3, -0.25) is 14.5 Å². The van der Waals surface area contributed by atoms with Gasteiger partial charge >= 0.3 is 0 Å². The van der Waals surface area contributed by atoms with Gasteiger partial charge in [0.25, 0.3) is 5.91 Å². The molecule has 1 aliphatic heterocycles. The molecule has 1 saturated heterocycles. The van der Waals surface area contributed by atoms with E-state index in [9.17, 15) is 9.59 Å². The number of nitrogens with one attached hydrogen (secondary N) is 2. The van der Waals surface area contributed by atoms with Crippen molar-refractivity contribution in [2.75, 3.05) is 26.2 Å². The van der Waals surface area contributed by atoms with Crippen molar-refractivity contribution in [3.05, 3.63) is 71.8 Å². The zero-order valence-electron chi connectivity index (χ0n) is 17.5. The van der Waals surface area contributed by atoms with Gasteiger partial charge in [0, 0.05) is 36.7 Å². The Hall–Kier alpha value is -2.66. The lowest BCUT2D eigenvalue weighted by atomic mass is 9.64. The second kappa shape index (κ2) is 9.43. The minimum Gasteiger partial charge on any atom is -0.354 e. The van der Waals surface area contributed by atoms with Crippen LogP contribution >= 0.6 is 0 Å². The molecule has 30 heavy (non-hydrogen) atoms. The fraction of sp³-hybridized carbons (Fsp3) is 0.440. The molecule has 2 N–H and O–H groups in total. The minimum atomic E-state index is -0.0153. The van der Waals surface area contributed by atoms with Crippen molar-refractivity contribution in [3.63, 3.8) is 0 Å². The Balaban J connectivity index is 1.20. The minimum absolute atomic E-state index is 0.0153. The third-order valence-electron chi connectivity index (χ3n) is 6.65. The summed E-state index contributed by atoms with van der Waals surface area (Å²) in [5, 5.41) is 6.31. The Labute approximate surface area is 178 Å². The van der Waals surface area contributed by atoms with Crippen LogP contribution in [0.5, 0.6) is 0 Å². The predicted octanol–water partition coefficient (Wildman–Crippen LogP) is 3.12. The highest BCUT2D eigenvalue weighted by Gasteiger charge is 2.38. The van der Waals surface area contributed by atoms with E-state index in [4.69, 9.17) is 0 Å². The van der Waals surface area contributed by atoms with Crippen molar-refractivity contribution in [2.45, 2.75) is 43.6 Å². The highest BCUT2D eigenvalue weighted by molar-refractivity contribution is 5.94. The van der Waals surface area contributed by atoms with Crippen LogP contribution in [-0.4, -0.2) is 48.9 Å². The van der Waals surface area contributed by atoms with Crippen molar-refractivity contribution in [3.8, 4) is 0 Å². The van der Waals surface area contributed by atoms with Crippen LogP contribution in [0.25, 0.3) is 0 Å². The summed E-state index contributed by atoms with van der Waals surface area (Å²) in [5.41, 5.74) is 2.15. The summed E-state index contributed by atoms with van der Waals surface area (Å²) in [5.74, 6) is 0.0856. The van der Waals surface area contributed by atoms with Gasteiger partial charge in [0.2, 0.25) is 5.91 Å². The van der Waals surface area contributed by atoms with E-state index in [2.05, 4.69) is 39.8 Å². The molecule has 2 amide bonds. The quantitative estimate of drug-likeness (QED) is 0.744. The van der Waals surface area contributed by atoms with E-state index in [1.54, 1.807) is 0 Å². The molecule has 2 aliphatic rings. The monoisotopic (exact) mass is 405 g/mol. The molecule has 2 aromatic carbocycles. The van der Waals surface area contributed by atoms with Crippen LogP contribution in [0.1, 0.15) is 48.0 Å². The molecule has 0 radical (unpaired) electrons. The molecule has 0 atom stereocenters. The first-order valence-electron chi connectivity index (χ1n) is 11.1. The first-order valence-corrected chi connectivity index (χ1v) is 11.1. The maximum Gasteiger partial charge on any atom is 0.251 e. The Morgan fingerprint density at radius 3 is 2.17 bits per heavy atom. The van der Waals surface area contributed by atoms with Crippen molar-refractivity contribution in [1.29, 1.82) is 0 Å². The molecule has 1 heterocycles. The number of rotatable bonds is 7. The second-order valence-corrected chi connectivity index (χ2v) is 8.67. The molecule has 2 aromatic rings. The number of nitrogens with zero attached hydrogens (tertiary/aromatic N) is 1. The molecule has 0 bridgehead atoms. The van der Waals surface area contributed by atoms with E-state index in [0.29, 0.717) is 12.1 Å². The summed E-state index contributed by atoms with van der Waals surface area (Å²) >= 11 is 0. The zero-order valence-corrected chi connectivity index (χ0v) is 17.5. The van der Waals surface area contributed by atoms with Crippen molar-refractivity contribution in [1.82, 2.24) is 15.5 Å². The Bertz CT molecular complexity index is 841. The Morgan fingerprint density at radius 1 is 0.933 bits per heavy atom. The molecule has 158 valence electrons. The number of likely N-dealkylation sites (tertiary alicyclic amines) is 1. The van der Waals surface area contributed by atoms with E-state index in [0.717, 1.165) is 45.3 Å². The topological polar surface area (TPSA) is 61.4 Å². The molecule has 0 aromatic heterocycles. The highest BCUT2D eigenvalue weighted by Crippen LogP contribution is 2.43. The summed E-state index contributed by atoms with van der Waals surface area (Å²) in [6.45, 7) is 2.82. The lowest BCUT2D eigenvalue weighted by molar-refractivity contribution is -0.123. The summed E-state index contributed by atoms with van der Waals surface area (Å²) < 4.78 is 0. The number of piperidine rings is 1.